The molecule has 17 heavy (non-hydrogen) atoms. The molecule has 0 aliphatic heterocycles. The first-order valence-corrected chi connectivity index (χ1v) is 5.85. The van der Waals surface area contributed by atoms with Gasteiger partial charge in [0, 0.05) is 29.4 Å². The summed E-state index contributed by atoms with van der Waals surface area (Å²) < 4.78 is 0. The normalized spacial score (nSPS) is 12.4. The lowest BCUT2D eigenvalue weighted by molar-refractivity contribution is 0.0939. The lowest BCUT2D eigenvalue weighted by Crippen LogP contribution is -2.31. The summed E-state index contributed by atoms with van der Waals surface area (Å²) in [6.07, 6.45) is 4.47. The van der Waals surface area contributed by atoms with Crippen molar-refractivity contribution in [2.75, 3.05) is 0 Å². The molecule has 3 nitrogen and oxygen atoms in total. The monoisotopic (exact) mass is 228 g/mol. The SMILES string of the molecule is CCC(C)NC(=O)c1ccc2cnccc2c1. The van der Waals surface area contributed by atoms with E-state index in [9.17, 15) is 4.79 Å². The van der Waals surface area contributed by atoms with Crippen LogP contribution in [0.25, 0.3) is 10.8 Å². The van der Waals surface area contributed by atoms with Gasteiger partial charge in [0.2, 0.25) is 0 Å². The van der Waals surface area contributed by atoms with Crippen LogP contribution < -0.4 is 5.32 Å². The highest BCUT2D eigenvalue weighted by atomic mass is 16.1. The summed E-state index contributed by atoms with van der Waals surface area (Å²) in [6, 6.07) is 7.77. The van der Waals surface area contributed by atoms with Crippen LogP contribution in [-0.4, -0.2) is 16.9 Å². The van der Waals surface area contributed by atoms with E-state index in [0.29, 0.717) is 5.56 Å². The van der Waals surface area contributed by atoms with Crippen molar-refractivity contribution in [1.29, 1.82) is 0 Å². The highest BCUT2D eigenvalue weighted by Gasteiger charge is 2.08. The van der Waals surface area contributed by atoms with Gasteiger partial charge in [0.05, 0.1) is 0 Å². The van der Waals surface area contributed by atoms with Crippen molar-refractivity contribution in [3.05, 3.63) is 42.2 Å². The van der Waals surface area contributed by atoms with E-state index in [1.807, 2.05) is 31.2 Å². The van der Waals surface area contributed by atoms with Crippen LogP contribution in [0.2, 0.25) is 0 Å². The summed E-state index contributed by atoms with van der Waals surface area (Å²) in [5, 5.41) is 5.04. The molecule has 1 aromatic heterocycles. The smallest absolute Gasteiger partial charge is 0.251 e. The van der Waals surface area contributed by atoms with Crippen LogP contribution in [0, 0.1) is 0 Å². The summed E-state index contributed by atoms with van der Waals surface area (Å²) in [5.74, 6) is -0.0157. The predicted octanol–water partition coefficient (Wildman–Crippen LogP) is 2.76. The molecule has 3 heteroatoms. The summed E-state index contributed by atoms with van der Waals surface area (Å²) in [5.41, 5.74) is 0.698. The van der Waals surface area contributed by atoms with Gasteiger partial charge < -0.3 is 5.32 Å². The highest BCUT2D eigenvalue weighted by Crippen LogP contribution is 2.14. The molecule has 1 heterocycles. The van der Waals surface area contributed by atoms with Gasteiger partial charge in [-0.15, -0.1) is 0 Å². The Morgan fingerprint density at radius 1 is 1.35 bits per heavy atom. The van der Waals surface area contributed by atoms with E-state index in [-0.39, 0.29) is 11.9 Å². The Balaban J connectivity index is 2.27. The first kappa shape index (κ1) is 11.6. The Morgan fingerprint density at radius 3 is 2.94 bits per heavy atom. The van der Waals surface area contributed by atoms with E-state index in [0.717, 1.165) is 17.2 Å². The van der Waals surface area contributed by atoms with Crippen LogP contribution in [0.1, 0.15) is 30.6 Å². The molecule has 2 aromatic rings. The number of benzene rings is 1. The van der Waals surface area contributed by atoms with Gasteiger partial charge in [-0.3, -0.25) is 9.78 Å². The van der Waals surface area contributed by atoms with E-state index in [4.69, 9.17) is 0 Å². The maximum atomic E-state index is 11.9. The first-order chi connectivity index (χ1) is 8.20. The van der Waals surface area contributed by atoms with E-state index in [1.54, 1.807) is 12.4 Å². The number of hydrogen-bond acceptors (Lipinski definition) is 2. The van der Waals surface area contributed by atoms with Crippen molar-refractivity contribution >= 4 is 16.7 Å². The zero-order valence-corrected chi connectivity index (χ0v) is 10.1. The minimum Gasteiger partial charge on any atom is -0.350 e. The third-order valence-corrected chi connectivity index (χ3v) is 2.89. The quantitative estimate of drug-likeness (QED) is 0.877. The number of aromatic nitrogens is 1. The Morgan fingerprint density at radius 2 is 2.18 bits per heavy atom. The number of amides is 1. The molecule has 0 saturated carbocycles. The standard InChI is InChI=1S/C14H16N2O/c1-3-10(2)16-14(17)12-4-5-13-9-15-7-6-11(13)8-12/h4-10H,3H2,1-2H3,(H,16,17). The third kappa shape index (κ3) is 2.61. The zero-order chi connectivity index (χ0) is 12.3. The van der Waals surface area contributed by atoms with Crippen molar-refractivity contribution in [3.63, 3.8) is 0 Å². The molecule has 0 radical (unpaired) electrons. The fourth-order valence-corrected chi connectivity index (χ4v) is 1.63. The number of rotatable bonds is 3. The highest BCUT2D eigenvalue weighted by molar-refractivity contribution is 5.98. The summed E-state index contributed by atoms with van der Waals surface area (Å²) in [6.45, 7) is 4.06. The summed E-state index contributed by atoms with van der Waals surface area (Å²) in [7, 11) is 0. The molecule has 1 amide bonds. The Labute approximate surface area is 101 Å². The van der Waals surface area contributed by atoms with E-state index in [2.05, 4.69) is 17.2 Å². The molecule has 1 N–H and O–H groups in total. The molecule has 0 spiro atoms. The number of nitrogens with one attached hydrogen (secondary N) is 1. The molecule has 1 unspecified atom stereocenters. The average Bonchev–Trinajstić information content (AvgIpc) is 2.38. The van der Waals surface area contributed by atoms with E-state index < -0.39 is 0 Å². The Kier molecular flexibility index (Phi) is 3.38. The largest absolute Gasteiger partial charge is 0.350 e. The first-order valence-electron chi connectivity index (χ1n) is 5.85. The molecular formula is C14H16N2O. The van der Waals surface area contributed by atoms with Gasteiger partial charge in [-0.05, 0) is 36.9 Å². The second kappa shape index (κ2) is 4.95. The van der Waals surface area contributed by atoms with Gasteiger partial charge in [0.1, 0.15) is 0 Å². The Bertz CT molecular complexity index is 536. The molecule has 2 rings (SSSR count). The van der Waals surface area contributed by atoms with Crippen molar-refractivity contribution in [2.45, 2.75) is 26.3 Å². The zero-order valence-electron chi connectivity index (χ0n) is 10.1. The fraction of sp³-hybridized carbons (Fsp3) is 0.286. The number of fused-ring (bicyclic) bond motifs is 1. The lowest BCUT2D eigenvalue weighted by atomic mass is 10.1. The van der Waals surface area contributed by atoms with E-state index >= 15 is 0 Å². The van der Waals surface area contributed by atoms with Crippen molar-refractivity contribution < 1.29 is 4.79 Å². The van der Waals surface area contributed by atoms with Crippen molar-refractivity contribution in [2.24, 2.45) is 0 Å². The van der Waals surface area contributed by atoms with Crippen LogP contribution in [0.3, 0.4) is 0 Å². The minimum atomic E-state index is -0.0157. The minimum absolute atomic E-state index is 0.0157. The van der Waals surface area contributed by atoms with Crippen LogP contribution in [0.5, 0.6) is 0 Å². The van der Waals surface area contributed by atoms with Gasteiger partial charge in [0.25, 0.3) is 5.91 Å². The second-order valence-corrected chi connectivity index (χ2v) is 4.22. The molecule has 88 valence electrons. The molecule has 0 saturated heterocycles. The lowest BCUT2D eigenvalue weighted by Gasteiger charge is -2.11. The molecular weight excluding hydrogens is 212 g/mol. The maximum Gasteiger partial charge on any atom is 0.251 e. The molecule has 1 aromatic carbocycles. The van der Waals surface area contributed by atoms with Crippen molar-refractivity contribution in [1.82, 2.24) is 10.3 Å². The number of carbonyl (C=O) groups is 1. The topological polar surface area (TPSA) is 42.0 Å². The van der Waals surface area contributed by atoms with Gasteiger partial charge in [-0.1, -0.05) is 13.0 Å². The van der Waals surface area contributed by atoms with Crippen LogP contribution in [-0.2, 0) is 0 Å². The molecule has 0 aliphatic carbocycles. The average molecular weight is 228 g/mol. The van der Waals surface area contributed by atoms with Crippen LogP contribution in [0.4, 0.5) is 0 Å². The summed E-state index contributed by atoms with van der Waals surface area (Å²) >= 11 is 0. The van der Waals surface area contributed by atoms with E-state index in [1.165, 1.54) is 0 Å². The van der Waals surface area contributed by atoms with Gasteiger partial charge in [0.15, 0.2) is 0 Å². The molecule has 0 fully saturated rings. The predicted molar refractivity (Wildman–Crippen MR) is 69.0 cm³/mol. The van der Waals surface area contributed by atoms with Crippen LogP contribution in [0.15, 0.2) is 36.7 Å². The third-order valence-electron chi connectivity index (χ3n) is 2.89. The van der Waals surface area contributed by atoms with Crippen LogP contribution >= 0.6 is 0 Å². The van der Waals surface area contributed by atoms with Gasteiger partial charge in [-0.25, -0.2) is 0 Å². The second-order valence-electron chi connectivity index (χ2n) is 4.22. The molecule has 1 atom stereocenters. The molecule has 0 aliphatic rings. The fourth-order valence-electron chi connectivity index (χ4n) is 1.63. The number of hydrogen-bond donors (Lipinski definition) is 1. The Hall–Kier alpha value is -1.90. The molecule has 0 bridgehead atoms. The number of carbonyl (C=O) groups excluding carboxylic acids is 1. The van der Waals surface area contributed by atoms with Crippen molar-refractivity contribution in [3.8, 4) is 0 Å². The number of nitrogens with zero attached hydrogens (tertiary/aromatic N) is 1. The summed E-state index contributed by atoms with van der Waals surface area (Å²) in [4.78, 5) is 16.0. The number of pyridine rings is 1. The van der Waals surface area contributed by atoms with Gasteiger partial charge >= 0.3 is 0 Å². The maximum absolute atomic E-state index is 11.9. The van der Waals surface area contributed by atoms with Gasteiger partial charge in [-0.2, -0.15) is 0 Å².